The lowest BCUT2D eigenvalue weighted by Crippen LogP contribution is -2.00. The summed E-state index contributed by atoms with van der Waals surface area (Å²) in [6.45, 7) is 2.06. The van der Waals surface area contributed by atoms with E-state index in [9.17, 15) is 4.79 Å². The molecule has 0 radical (unpaired) electrons. The first-order valence-electron chi connectivity index (χ1n) is 3.04. The lowest BCUT2D eigenvalue weighted by Gasteiger charge is -1.89. The number of H-pyrrole nitrogens is 2. The summed E-state index contributed by atoms with van der Waals surface area (Å²) in [5, 5.41) is 6.04. The lowest BCUT2D eigenvalue weighted by molar-refractivity contribution is 1.01. The van der Waals surface area contributed by atoms with Gasteiger partial charge in [0.25, 0.3) is 0 Å². The average Bonchev–Trinajstić information content (AvgIpc) is 2.31. The Bertz CT molecular complexity index is 241. The van der Waals surface area contributed by atoms with Crippen LogP contribution in [0, 0.1) is 0 Å². The van der Waals surface area contributed by atoms with Gasteiger partial charge in [0.1, 0.15) is 5.82 Å². The summed E-state index contributed by atoms with van der Waals surface area (Å²) in [5.41, 5.74) is -0.230. The molecule has 1 aromatic rings. The first-order valence-corrected chi connectivity index (χ1v) is 4.19. The van der Waals surface area contributed by atoms with Gasteiger partial charge in [-0.1, -0.05) is 6.92 Å². The monoisotopic (exact) mass is 159 g/mol. The van der Waals surface area contributed by atoms with E-state index in [0.717, 1.165) is 17.3 Å². The maximum atomic E-state index is 10.5. The minimum atomic E-state index is -0.230. The fourth-order valence-corrected chi connectivity index (χ4v) is 1.11. The summed E-state index contributed by atoms with van der Waals surface area (Å²) in [7, 11) is 0. The molecule has 2 N–H and O–H groups in total. The van der Waals surface area contributed by atoms with Crippen molar-refractivity contribution < 1.29 is 0 Å². The molecule has 56 valence electrons. The van der Waals surface area contributed by atoms with E-state index in [1.165, 1.54) is 0 Å². The predicted octanol–water partition coefficient (Wildman–Crippen LogP) is 0.351. The van der Waals surface area contributed by atoms with Crippen LogP contribution in [0.5, 0.6) is 0 Å². The van der Waals surface area contributed by atoms with Gasteiger partial charge in [0, 0.05) is 0 Å². The van der Waals surface area contributed by atoms with Gasteiger partial charge in [-0.3, -0.25) is 4.98 Å². The summed E-state index contributed by atoms with van der Waals surface area (Å²) in [4.78, 5) is 13.0. The molecule has 0 saturated carbocycles. The van der Waals surface area contributed by atoms with Crippen molar-refractivity contribution in [2.24, 2.45) is 0 Å². The van der Waals surface area contributed by atoms with Gasteiger partial charge < -0.3 is 0 Å². The van der Waals surface area contributed by atoms with Gasteiger partial charge in [-0.2, -0.15) is 16.9 Å². The highest BCUT2D eigenvalue weighted by atomic mass is 32.2. The Morgan fingerprint density at radius 2 is 2.50 bits per heavy atom. The van der Waals surface area contributed by atoms with E-state index in [4.69, 9.17) is 0 Å². The molecule has 1 rings (SSSR count). The standard InChI is InChI=1S/C5H9N3OS/c1-2-10-3-4-6-5(9)8-7-4/h2-3H2,1H3,(H2,6,7,8,9). The molecular weight excluding hydrogens is 150 g/mol. The molecule has 0 aliphatic rings. The zero-order valence-corrected chi connectivity index (χ0v) is 6.49. The minimum absolute atomic E-state index is 0.230. The summed E-state index contributed by atoms with van der Waals surface area (Å²) < 4.78 is 0. The van der Waals surface area contributed by atoms with Crippen LogP contribution < -0.4 is 5.69 Å². The van der Waals surface area contributed by atoms with Crippen LogP contribution in [0.15, 0.2) is 4.79 Å². The van der Waals surface area contributed by atoms with Crippen molar-refractivity contribution in [1.29, 1.82) is 0 Å². The molecule has 0 bridgehead atoms. The highest BCUT2D eigenvalue weighted by Crippen LogP contribution is 2.03. The number of hydrogen-bond acceptors (Lipinski definition) is 3. The Balaban J connectivity index is 2.50. The molecule has 5 heteroatoms. The Morgan fingerprint density at radius 3 is 3.00 bits per heavy atom. The van der Waals surface area contributed by atoms with E-state index in [0.29, 0.717) is 0 Å². The molecule has 0 aromatic carbocycles. The second kappa shape index (κ2) is 3.46. The average molecular weight is 159 g/mol. The molecule has 0 fully saturated rings. The summed E-state index contributed by atoms with van der Waals surface area (Å²) in [6.07, 6.45) is 0. The Kier molecular flexibility index (Phi) is 2.56. The third kappa shape index (κ3) is 1.91. The number of nitrogens with zero attached hydrogens (tertiary/aromatic N) is 1. The smallest absolute Gasteiger partial charge is 0.292 e. The topological polar surface area (TPSA) is 61.5 Å². The molecule has 0 unspecified atom stereocenters. The Labute approximate surface area is 62.4 Å². The van der Waals surface area contributed by atoms with E-state index in [2.05, 4.69) is 22.1 Å². The molecular formula is C5H9N3OS. The van der Waals surface area contributed by atoms with Crippen LogP contribution in [-0.2, 0) is 5.75 Å². The van der Waals surface area contributed by atoms with Crippen LogP contribution in [0.2, 0.25) is 0 Å². The molecule has 0 aliphatic heterocycles. The highest BCUT2D eigenvalue weighted by molar-refractivity contribution is 7.98. The van der Waals surface area contributed by atoms with E-state index in [-0.39, 0.29) is 5.69 Å². The maximum absolute atomic E-state index is 10.5. The molecule has 1 heterocycles. The van der Waals surface area contributed by atoms with Crippen molar-refractivity contribution in [1.82, 2.24) is 15.2 Å². The first kappa shape index (κ1) is 7.40. The van der Waals surface area contributed by atoms with Crippen molar-refractivity contribution in [3.63, 3.8) is 0 Å². The van der Waals surface area contributed by atoms with E-state index in [1.807, 2.05) is 0 Å². The van der Waals surface area contributed by atoms with Gasteiger partial charge in [0.2, 0.25) is 0 Å². The first-order chi connectivity index (χ1) is 4.83. The van der Waals surface area contributed by atoms with Gasteiger partial charge in [0.05, 0.1) is 5.75 Å². The quantitative estimate of drug-likeness (QED) is 0.669. The van der Waals surface area contributed by atoms with Crippen LogP contribution in [0.3, 0.4) is 0 Å². The normalized spacial score (nSPS) is 10.1. The van der Waals surface area contributed by atoms with Crippen molar-refractivity contribution in [2.75, 3.05) is 5.75 Å². The van der Waals surface area contributed by atoms with Gasteiger partial charge in [0.15, 0.2) is 0 Å². The lowest BCUT2D eigenvalue weighted by atomic mass is 10.7. The maximum Gasteiger partial charge on any atom is 0.340 e. The van der Waals surface area contributed by atoms with Crippen molar-refractivity contribution in [3.05, 3.63) is 16.3 Å². The van der Waals surface area contributed by atoms with Crippen LogP contribution in [0.4, 0.5) is 0 Å². The van der Waals surface area contributed by atoms with Crippen LogP contribution in [-0.4, -0.2) is 20.9 Å². The van der Waals surface area contributed by atoms with Gasteiger partial charge in [-0.05, 0) is 5.75 Å². The van der Waals surface area contributed by atoms with Crippen LogP contribution in [0.1, 0.15) is 12.7 Å². The Hall–Kier alpha value is -0.710. The zero-order chi connectivity index (χ0) is 7.40. The number of aromatic amines is 2. The van der Waals surface area contributed by atoms with Crippen molar-refractivity contribution >= 4 is 11.8 Å². The van der Waals surface area contributed by atoms with Crippen LogP contribution >= 0.6 is 11.8 Å². The fourth-order valence-electron chi connectivity index (χ4n) is 0.572. The second-order valence-electron chi connectivity index (χ2n) is 1.76. The largest absolute Gasteiger partial charge is 0.340 e. The van der Waals surface area contributed by atoms with Gasteiger partial charge >= 0.3 is 5.69 Å². The number of hydrogen-bond donors (Lipinski definition) is 2. The molecule has 0 aliphatic carbocycles. The highest BCUT2D eigenvalue weighted by Gasteiger charge is 1.94. The van der Waals surface area contributed by atoms with E-state index < -0.39 is 0 Å². The molecule has 0 saturated heterocycles. The van der Waals surface area contributed by atoms with E-state index in [1.54, 1.807) is 11.8 Å². The number of aromatic nitrogens is 3. The molecule has 4 nitrogen and oxygen atoms in total. The number of rotatable bonds is 3. The number of thioether (sulfide) groups is 1. The SMILES string of the molecule is CCSCc1n[nH]c(=O)[nH]1. The third-order valence-electron chi connectivity index (χ3n) is 0.993. The van der Waals surface area contributed by atoms with E-state index >= 15 is 0 Å². The molecule has 0 amide bonds. The van der Waals surface area contributed by atoms with Crippen molar-refractivity contribution in [2.45, 2.75) is 12.7 Å². The molecule has 10 heavy (non-hydrogen) atoms. The molecule has 1 aromatic heterocycles. The predicted molar refractivity (Wildman–Crippen MR) is 41.0 cm³/mol. The summed E-state index contributed by atoms with van der Waals surface area (Å²) in [5.74, 6) is 2.53. The third-order valence-corrected chi connectivity index (χ3v) is 1.88. The Morgan fingerprint density at radius 1 is 1.70 bits per heavy atom. The summed E-state index contributed by atoms with van der Waals surface area (Å²) in [6, 6.07) is 0. The number of nitrogens with one attached hydrogen (secondary N) is 2. The van der Waals surface area contributed by atoms with Crippen molar-refractivity contribution in [3.8, 4) is 0 Å². The summed E-state index contributed by atoms with van der Waals surface area (Å²) >= 11 is 1.72. The zero-order valence-electron chi connectivity index (χ0n) is 5.68. The fraction of sp³-hybridized carbons (Fsp3) is 0.600. The molecule has 0 atom stereocenters. The van der Waals surface area contributed by atoms with Gasteiger partial charge in [-0.25, -0.2) is 9.89 Å². The van der Waals surface area contributed by atoms with Gasteiger partial charge in [-0.15, -0.1) is 0 Å². The second-order valence-corrected chi connectivity index (χ2v) is 3.04. The minimum Gasteiger partial charge on any atom is -0.292 e. The molecule has 0 spiro atoms. The van der Waals surface area contributed by atoms with Crippen LogP contribution in [0.25, 0.3) is 0 Å².